The van der Waals surface area contributed by atoms with Crippen molar-refractivity contribution in [2.24, 2.45) is 0 Å². The third-order valence-electron chi connectivity index (χ3n) is 4.72. The lowest BCUT2D eigenvalue weighted by Gasteiger charge is -2.32. The summed E-state index contributed by atoms with van der Waals surface area (Å²) in [7, 11) is 0. The number of carbonyl (C=O) groups excluding carboxylic acids is 1. The second kappa shape index (κ2) is 7.59. The van der Waals surface area contributed by atoms with Gasteiger partial charge in [0, 0.05) is 19.3 Å². The van der Waals surface area contributed by atoms with E-state index < -0.39 is 5.97 Å². The monoisotopic (exact) mass is 357 g/mol. The molecule has 1 aromatic carbocycles. The van der Waals surface area contributed by atoms with Gasteiger partial charge in [0.2, 0.25) is 0 Å². The first-order valence-electron chi connectivity index (χ1n) is 8.69. The van der Waals surface area contributed by atoms with Crippen LogP contribution in [0.15, 0.2) is 30.6 Å². The molecule has 1 fully saturated rings. The SMILES string of the molecule is Cc1ccc(OCC(=O)N2CCC(n3cc(C(=O)O)cn3)CC2)c(C)c1. The highest BCUT2D eigenvalue weighted by Gasteiger charge is 2.25. The molecule has 26 heavy (non-hydrogen) atoms. The Morgan fingerprint density at radius 3 is 2.62 bits per heavy atom. The number of aromatic nitrogens is 2. The van der Waals surface area contributed by atoms with Crippen LogP contribution >= 0.6 is 0 Å². The number of likely N-dealkylation sites (tertiary alicyclic amines) is 1. The predicted octanol–water partition coefficient (Wildman–Crippen LogP) is 2.44. The van der Waals surface area contributed by atoms with Crippen molar-refractivity contribution in [2.75, 3.05) is 19.7 Å². The van der Waals surface area contributed by atoms with Gasteiger partial charge in [-0.15, -0.1) is 0 Å². The molecule has 0 bridgehead atoms. The van der Waals surface area contributed by atoms with E-state index >= 15 is 0 Å². The highest BCUT2D eigenvalue weighted by atomic mass is 16.5. The fourth-order valence-corrected chi connectivity index (χ4v) is 3.22. The van der Waals surface area contributed by atoms with Gasteiger partial charge < -0.3 is 14.7 Å². The van der Waals surface area contributed by atoms with Crippen LogP contribution in [0.2, 0.25) is 0 Å². The topological polar surface area (TPSA) is 84.7 Å². The van der Waals surface area contributed by atoms with Crippen molar-refractivity contribution in [3.63, 3.8) is 0 Å². The van der Waals surface area contributed by atoms with Crippen LogP contribution in [0.25, 0.3) is 0 Å². The van der Waals surface area contributed by atoms with Crippen LogP contribution in [0.4, 0.5) is 0 Å². The normalized spacial score (nSPS) is 15.1. The molecule has 1 saturated heterocycles. The van der Waals surface area contributed by atoms with E-state index in [1.54, 1.807) is 15.8 Å². The number of hydrogen-bond acceptors (Lipinski definition) is 4. The van der Waals surface area contributed by atoms with Crippen LogP contribution in [0, 0.1) is 13.8 Å². The zero-order chi connectivity index (χ0) is 18.7. The van der Waals surface area contributed by atoms with Crippen LogP contribution in [0.1, 0.15) is 40.4 Å². The van der Waals surface area contributed by atoms with Crippen LogP contribution in [-0.2, 0) is 4.79 Å². The average Bonchev–Trinajstić information content (AvgIpc) is 3.11. The summed E-state index contributed by atoms with van der Waals surface area (Å²) in [5, 5.41) is 13.1. The second-order valence-electron chi connectivity index (χ2n) is 6.68. The lowest BCUT2D eigenvalue weighted by molar-refractivity contribution is -0.134. The summed E-state index contributed by atoms with van der Waals surface area (Å²) >= 11 is 0. The molecule has 1 aliphatic rings. The molecule has 2 heterocycles. The Balaban J connectivity index is 1.50. The molecule has 0 aliphatic carbocycles. The number of rotatable bonds is 5. The van der Waals surface area contributed by atoms with E-state index in [0.717, 1.165) is 29.7 Å². The predicted molar refractivity (Wildman–Crippen MR) is 95.4 cm³/mol. The Kier molecular flexibility index (Phi) is 5.25. The highest BCUT2D eigenvalue weighted by Crippen LogP contribution is 2.23. The number of benzene rings is 1. The molecular weight excluding hydrogens is 334 g/mol. The maximum atomic E-state index is 12.4. The molecular formula is C19H23N3O4. The molecule has 0 radical (unpaired) electrons. The average molecular weight is 357 g/mol. The van der Waals surface area contributed by atoms with Crippen molar-refractivity contribution in [3.8, 4) is 5.75 Å². The van der Waals surface area contributed by atoms with Crippen LogP contribution < -0.4 is 4.74 Å². The number of amides is 1. The Hall–Kier alpha value is -2.83. The molecule has 3 rings (SSSR count). The van der Waals surface area contributed by atoms with Gasteiger partial charge in [-0.05, 0) is 38.3 Å². The van der Waals surface area contributed by atoms with Gasteiger partial charge in [0.1, 0.15) is 5.75 Å². The Bertz CT molecular complexity index is 807. The van der Waals surface area contributed by atoms with Gasteiger partial charge in [0.05, 0.1) is 17.8 Å². The van der Waals surface area contributed by atoms with Crippen LogP contribution in [0.5, 0.6) is 5.75 Å². The lowest BCUT2D eigenvalue weighted by Crippen LogP contribution is -2.41. The summed E-state index contributed by atoms with van der Waals surface area (Å²) in [6, 6.07) is 6.00. The molecule has 2 aromatic rings. The Labute approximate surface area is 152 Å². The van der Waals surface area contributed by atoms with E-state index in [4.69, 9.17) is 9.84 Å². The minimum absolute atomic E-state index is 0.0273. The molecule has 7 nitrogen and oxygen atoms in total. The molecule has 0 atom stereocenters. The van der Waals surface area contributed by atoms with E-state index in [9.17, 15) is 9.59 Å². The van der Waals surface area contributed by atoms with Gasteiger partial charge >= 0.3 is 5.97 Å². The summed E-state index contributed by atoms with van der Waals surface area (Å²) < 4.78 is 7.37. The highest BCUT2D eigenvalue weighted by molar-refractivity contribution is 5.86. The molecule has 7 heteroatoms. The van der Waals surface area contributed by atoms with Crippen molar-refractivity contribution in [1.29, 1.82) is 0 Å². The fourth-order valence-electron chi connectivity index (χ4n) is 3.22. The van der Waals surface area contributed by atoms with Gasteiger partial charge in [0.15, 0.2) is 6.61 Å². The summed E-state index contributed by atoms with van der Waals surface area (Å²) in [4.78, 5) is 25.1. The van der Waals surface area contributed by atoms with Gasteiger partial charge in [-0.25, -0.2) is 4.79 Å². The number of carboxylic acid groups (broad SMARTS) is 1. The number of carboxylic acids is 1. The van der Waals surface area contributed by atoms with Crippen molar-refractivity contribution >= 4 is 11.9 Å². The van der Waals surface area contributed by atoms with Crippen LogP contribution in [-0.4, -0.2) is 51.4 Å². The minimum atomic E-state index is -0.979. The lowest BCUT2D eigenvalue weighted by atomic mass is 10.1. The molecule has 1 amide bonds. The zero-order valence-corrected chi connectivity index (χ0v) is 15.0. The first-order chi connectivity index (χ1) is 12.4. The summed E-state index contributed by atoms with van der Waals surface area (Å²) in [6.45, 7) is 5.24. The number of hydrogen-bond donors (Lipinski definition) is 1. The minimum Gasteiger partial charge on any atom is -0.484 e. The second-order valence-corrected chi connectivity index (χ2v) is 6.68. The Morgan fingerprint density at radius 1 is 1.27 bits per heavy atom. The van der Waals surface area contributed by atoms with E-state index in [-0.39, 0.29) is 24.1 Å². The van der Waals surface area contributed by atoms with E-state index in [1.165, 1.54) is 6.20 Å². The summed E-state index contributed by atoms with van der Waals surface area (Å²) in [5.74, 6) is -0.279. The van der Waals surface area contributed by atoms with Gasteiger partial charge in [-0.3, -0.25) is 9.48 Å². The third kappa shape index (κ3) is 4.04. The molecule has 0 spiro atoms. The third-order valence-corrected chi connectivity index (χ3v) is 4.72. The molecule has 0 saturated carbocycles. The quantitative estimate of drug-likeness (QED) is 0.888. The van der Waals surface area contributed by atoms with Crippen molar-refractivity contribution in [1.82, 2.24) is 14.7 Å². The molecule has 0 unspecified atom stereocenters. The van der Waals surface area contributed by atoms with Gasteiger partial charge in [-0.1, -0.05) is 17.7 Å². The number of carbonyl (C=O) groups is 2. The van der Waals surface area contributed by atoms with E-state index in [0.29, 0.717) is 13.1 Å². The first kappa shape index (κ1) is 18.0. The van der Waals surface area contributed by atoms with Crippen LogP contribution in [0.3, 0.4) is 0 Å². The summed E-state index contributed by atoms with van der Waals surface area (Å²) in [5.41, 5.74) is 2.36. The molecule has 1 aliphatic heterocycles. The zero-order valence-electron chi connectivity index (χ0n) is 15.0. The van der Waals surface area contributed by atoms with Crippen molar-refractivity contribution in [2.45, 2.75) is 32.7 Å². The van der Waals surface area contributed by atoms with E-state index in [1.807, 2.05) is 32.0 Å². The largest absolute Gasteiger partial charge is 0.484 e. The van der Waals surface area contributed by atoms with Gasteiger partial charge in [-0.2, -0.15) is 5.10 Å². The molecule has 1 aromatic heterocycles. The number of aromatic carboxylic acids is 1. The Morgan fingerprint density at radius 2 is 2.00 bits per heavy atom. The van der Waals surface area contributed by atoms with Crippen molar-refractivity contribution in [3.05, 3.63) is 47.3 Å². The van der Waals surface area contributed by atoms with Gasteiger partial charge in [0.25, 0.3) is 5.91 Å². The van der Waals surface area contributed by atoms with Crippen molar-refractivity contribution < 1.29 is 19.4 Å². The molecule has 1 N–H and O–H groups in total. The fraction of sp³-hybridized carbons (Fsp3) is 0.421. The number of ether oxygens (including phenoxy) is 1. The first-order valence-corrected chi connectivity index (χ1v) is 8.69. The number of piperidine rings is 1. The maximum absolute atomic E-state index is 12.4. The maximum Gasteiger partial charge on any atom is 0.338 e. The number of aryl methyl sites for hydroxylation is 2. The summed E-state index contributed by atoms with van der Waals surface area (Å²) in [6.07, 6.45) is 4.40. The smallest absolute Gasteiger partial charge is 0.338 e. The number of nitrogens with zero attached hydrogens (tertiary/aromatic N) is 3. The molecule has 138 valence electrons. The standard InChI is InChI=1S/C19H23N3O4/c1-13-3-4-17(14(2)9-13)26-12-18(23)21-7-5-16(6-8-21)22-11-15(10-20-22)19(24)25/h3-4,9-11,16H,5-8,12H2,1-2H3,(H,24,25). The van der Waals surface area contributed by atoms with E-state index in [2.05, 4.69) is 5.10 Å².